The Morgan fingerprint density at radius 2 is 1.81 bits per heavy atom. The number of hydrogen-bond donors (Lipinski definition) is 0. The third kappa shape index (κ3) is 3.75. The van der Waals surface area contributed by atoms with Gasteiger partial charge in [0.25, 0.3) is 0 Å². The number of ether oxygens (including phenoxy) is 2. The van der Waals surface area contributed by atoms with E-state index < -0.39 is 6.23 Å². The SMILES string of the molecule is CCOc1ccc([C@H]2Oc3c(Cl)cc(Cl)cc3[C@@H]3CC(c4ccc(C)cc4)=NN23)cc1. The molecule has 2 aliphatic heterocycles. The van der Waals surface area contributed by atoms with Crippen molar-refractivity contribution in [2.75, 3.05) is 6.61 Å². The first-order valence-electron chi connectivity index (χ1n) is 10.3. The van der Waals surface area contributed by atoms with Crippen LogP contribution in [0.4, 0.5) is 0 Å². The Labute approximate surface area is 192 Å². The Hall–Kier alpha value is -2.69. The van der Waals surface area contributed by atoms with Crippen LogP contribution < -0.4 is 9.47 Å². The van der Waals surface area contributed by atoms with Crippen LogP contribution in [0, 0.1) is 6.92 Å². The van der Waals surface area contributed by atoms with Gasteiger partial charge >= 0.3 is 0 Å². The predicted octanol–water partition coefficient (Wildman–Crippen LogP) is 6.94. The minimum absolute atomic E-state index is 0.00665. The minimum Gasteiger partial charge on any atom is -0.494 e. The summed E-state index contributed by atoms with van der Waals surface area (Å²) in [4.78, 5) is 0. The van der Waals surface area contributed by atoms with Crippen molar-refractivity contribution in [3.8, 4) is 11.5 Å². The van der Waals surface area contributed by atoms with Crippen LogP contribution >= 0.6 is 23.2 Å². The Kier molecular flexibility index (Phi) is 5.28. The lowest BCUT2D eigenvalue weighted by Gasteiger charge is -2.38. The summed E-state index contributed by atoms with van der Waals surface area (Å²) >= 11 is 12.9. The maximum Gasteiger partial charge on any atom is 0.213 e. The standard InChI is InChI=1S/C25H22Cl2N2O2/c1-3-30-19-10-8-17(9-11-19)25-29-23(20-12-18(26)13-21(27)24(20)31-25)14-22(28-29)16-6-4-15(2)5-7-16/h4-13,23,25H,3,14H2,1-2H3/t23-,25+/m0/s1. The zero-order chi connectivity index (χ0) is 21.5. The van der Waals surface area contributed by atoms with E-state index in [4.69, 9.17) is 37.8 Å². The van der Waals surface area contributed by atoms with E-state index in [1.165, 1.54) is 5.56 Å². The van der Waals surface area contributed by atoms with E-state index in [2.05, 4.69) is 31.2 Å². The van der Waals surface area contributed by atoms with Crippen molar-refractivity contribution in [3.05, 3.63) is 93.0 Å². The molecule has 0 amide bonds. The lowest BCUT2D eigenvalue weighted by atomic mass is 9.95. The summed E-state index contributed by atoms with van der Waals surface area (Å²) < 4.78 is 12.0. The topological polar surface area (TPSA) is 34.1 Å². The van der Waals surface area contributed by atoms with Gasteiger partial charge in [-0.25, -0.2) is 5.01 Å². The first-order valence-corrected chi connectivity index (χ1v) is 11.1. The normalized spacial score (nSPS) is 19.4. The third-order valence-corrected chi connectivity index (χ3v) is 6.17. The Morgan fingerprint density at radius 1 is 1.06 bits per heavy atom. The third-order valence-electron chi connectivity index (χ3n) is 5.67. The van der Waals surface area contributed by atoms with Crippen LogP contribution in [0.25, 0.3) is 0 Å². The van der Waals surface area contributed by atoms with Crippen molar-refractivity contribution in [1.82, 2.24) is 5.01 Å². The molecule has 3 aromatic rings. The molecule has 0 aromatic heterocycles. The highest BCUT2D eigenvalue weighted by molar-refractivity contribution is 6.35. The summed E-state index contributed by atoms with van der Waals surface area (Å²) in [5.41, 5.74) is 5.30. The fourth-order valence-electron chi connectivity index (χ4n) is 4.15. The second-order valence-corrected chi connectivity index (χ2v) is 8.63. The molecule has 4 nitrogen and oxygen atoms in total. The van der Waals surface area contributed by atoms with Crippen LogP contribution in [0.5, 0.6) is 11.5 Å². The summed E-state index contributed by atoms with van der Waals surface area (Å²) in [5.74, 6) is 1.50. The number of hydrazone groups is 1. The number of aryl methyl sites for hydroxylation is 1. The molecule has 0 fully saturated rings. The maximum atomic E-state index is 6.54. The summed E-state index contributed by atoms with van der Waals surface area (Å²) in [6.07, 6.45) is 0.360. The predicted molar refractivity (Wildman–Crippen MR) is 124 cm³/mol. The van der Waals surface area contributed by atoms with Gasteiger partial charge in [0.2, 0.25) is 6.23 Å². The molecule has 0 radical (unpaired) electrons. The fourth-order valence-corrected chi connectivity index (χ4v) is 4.70. The lowest BCUT2D eigenvalue weighted by molar-refractivity contribution is -0.0189. The average molecular weight is 453 g/mol. The zero-order valence-corrected chi connectivity index (χ0v) is 18.8. The van der Waals surface area contributed by atoms with E-state index in [1.54, 1.807) is 6.07 Å². The molecule has 5 rings (SSSR count). The first-order chi connectivity index (χ1) is 15.0. The highest BCUT2D eigenvalue weighted by Gasteiger charge is 2.42. The van der Waals surface area contributed by atoms with Gasteiger partial charge in [0, 0.05) is 22.6 Å². The van der Waals surface area contributed by atoms with Gasteiger partial charge in [-0.3, -0.25) is 0 Å². The van der Waals surface area contributed by atoms with Crippen molar-refractivity contribution < 1.29 is 9.47 Å². The van der Waals surface area contributed by atoms with Crippen molar-refractivity contribution >= 4 is 28.9 Å². The van der Waals surface area contributed by atoms with Crippen LogP contribution in [-0.4, -0.2) is 17.3 Å². The minimum atomic E-state index is -0.394. The van der Waals surface area contributed by atoms with Crippen molar-refractivity contribution in [2.45, 2.75) is 32.5 Å². The molecule has 31 heavy (non-hydrogen) atoms. The number of hydrogen-bond acceptors (Lipinski definition) is 4. The molecule has 2 heterocycles. The summed E-state index contributed by atoms with van der Waals surface area (Å²) in [5, 5.41) is 8.13. The average Bonchev–Trinajstić information content (AvgIpc) is 3.20. The van der Waals surface area contributed by atoms with Gasteiger partial charge in [-0.05, 0) is 55.8 Å². The molecule has 3 aromatic carbocycles. The van der Waals surface area contributed by atoms with Gasteiger partial charge in [-0.15, -0.1) is 0 Å². The van der Waals surface area contributed by atoms with Crippen LogP contribution in [0.15, 0.2) is 65.8 Å². The lowest BCUT2D eigenvalue weighted by Crippen LogP contribution is -2.33. The van der Waals surface area contributed by atoms with Gasteiger partial charge in [0.05, 0.1) is 23.4 Å². The van der Waals surface area contributed by atoms with Crippen molar-refractivity contribution in [3.63, 3.8) is 0 Å². The van der Waals surface area contributed by atoms with E-state index >= 15 is 0 Å². The molecule has 158 valence electrons. The highest BCUT2D eigenvalue weighted by atomic mass is 35.5. The monoisotopic (exact) mass is 452 g/mol. The molecule has 0 saturated carbocycles. The smallest absolute Gasteiger partial charge is 0.213 e. The Bertz CT molecular complexity index is 1140. The molecule has 2 atom stereocenters. The molecule has 0 spiro atoms. The molecule has 0 bridgehead atoms. The number of nitrogens with zero attached hydrogens (tertiary/aromatic N) is 2. The molecular weight excluding hydrogens is 431 g/mol. The van der Waals surface area contributed by atoms with Gasteiger partial charge in [-0.2, -0.15) is 5.10 Å². The van der Waals surface area contributed by atoms with Crippen molar-refractivity contribution in [1.29, 1.82) is 0 Å². The quantitative estimate of drug-likeness (QED) is 0.429. The molecule has 0 unspecified atom stereocenters. The Morgan fingerprint density at radius 3 is 2.52 bits per heavy atom. The van der Waals surface area contributed by atoms with Crippen LogP contribution in [0.2, 0.25) is 10.0 Å². The van der Waals surface area contributed by atoms with Crippen LogP contribution in [0.1, 0.15) is 47.9 Å². The second-order valence-electron chi connectivity index (χ2n) is 7.79. The van der Waals surface area contributed by atoms with Crippen LogP contribution in [-0.2, 0) is 0 Å². The molecular formula is C25H22Cl2N2O2. The largest absolute Gasteiger partial charge is 0.494 e. The number of rotatable bonds is 4. The van der Waals surface area contributed by atoms with Gasteiger partial charge in [0.1, 0.15) is 11.5 Å². The van der Waals surface area contributed by atoms with E-state index in [9.17, 15) is 0 Å². The summed E-state index contributed by atoms with van der Waals surface area (Å²) in [6, 6.07) is 20.0. The van der Waals surface area contributed by atoms with Gasteiger partial charge < -0.3 is 9.47 Å². The van der Waals surface area contributed by atoms with E-state index in [1.807, 2.05) is 42.3 Å². The van der Waals surface area contributed by atoms with E-state index in [-0.39, 0.29) is 6.04 Å². The second kappa shape index (κ2) is 8.10. The zero-order valence-electron chi connectivity index (χ0n) is 17.3. The molecule has 6 heteroatoms. The number of benzene rings is 3. The number of fused-ring (bicyclic) bond motifs is 3. The van der Waals surface area contributed by atoms with Crippen molar-refractivity contribution in [2.24, 2.45) is 5.10 Å². The fraction of sp³-hybridized carbons (Fsp3) is 0.240. The van der Waals surface area contributed by atoms with Gasteiger partial charge in [0.15, 0.2) is 0 Å². The molecule has 0 saturated heterocycles. The van der Waals surface area contributed by atoms with Gasteiger partial charge in [-0.1, -0.05) is 53.0 Å². The molecule has 2 aliphatic rings. The van der Waals surface area contributed by atoms with E-state index in [0.717, 1.165) is 34.6 Å². The maximum absolute atomic E-state index is 6.54. The Balaban J connectivity index is 1.58. The summed E-state index contributed by atoms with van der Waals surface area (Å²) in [7, 11) is 0. The van der Waals surface area contributed by atoms with E-state index in [0.29, 0.717) is 22.4 Å². The summed E-state index contributed by atoms with van der Waals surface area (Å²) in [6.45, 7) is 4.68. The van der Waals surface area contributed by atoms with Crippen LogP contribution in [0.3, 0.4) is 0 Å². The molecule has 0 N–H and O–H groups in total. The number of halogens is 2. The highest BCUT2D eigenvalue weighted by Crippen LogP contribution is 2.50. The first kappa shape index (κ1) is 20.2. The molecule has 0 aliphatic carbocycles.